The molecule has 4 nitrogen and oxygen atoms in total. The van der Waals surface area contributed by atoms with E-state index in [9.17, 15) is 9.59 Å². The Labute approximate surface area is 157 Å². The lowest BCUT2D eigenvalue weighted by Gasteiger charge is -2.46. The van der Waals surface area contributed by atoms with Crippen molar-refractivity contribution in [1.29, 1.82) is 0 Å². The van der Waals surface area contributed by atoms with Gasteiger partial charge in [-0.3, -0.25) is 9.59 Å². The molecule has 0 heterocycles. The third-order valence-electron chi connectivity index (χ3n) is 4.57. The molecule has 6 heteroatoms. The number of Topliss-reactive ketones (excluding diaryl/α,β-unsaturated/α-hetero) is 1. The molecular weight excluding hydrogens is 354 g/mol. The third-order valence-corrected chi connectivity index (χ3v) is 9.57. The second-order valence-electron chi connectivity index (χ2n) is 7.79. The first-order valence-electron chi connectivity index (χ1n) is 8.45. The fraction of sp³-hybridized carbons (Fsp3) is 0.579. The van der Waals surface area contributed by atoms with Gasteiger partial charge in [0.05, 0.1) is 6.10 Å². The molecule has 0 spiro atoms. The zero-order valence-corrected chi connectivity index (χ0v) is 17.6. The van der Waals surface area contributed by atoms with Gasteiger partial charge in [0.1, 0.15) is 5.78 Å². The van der Waals surface area contributed by atoms with Gasteiger partial charge in [0.2, 0.25) is 5.91 Å². The van der Waals surface area contributed by atoms with Gasteiger partial charge in [0, 0.05) is 40.3 Å². The monoisotopic (exact) mass is 383 g/mol. The summed E-state index contributed by atoms with van der Waals surface area (Å²) in [6.07, 6.45) is 5.40. The van der Waals surface area contributed by atoms with Crippen molar-refractivity contribution in [2.24, 2.45) is 0 Å². The van der Waals surface area contributed by atoms with Crippen LogP contribution in [0.4, 0.5) is 5.69 Å². The van der Waals surface area contributed by atoms with Gasteiger partial charge in [0.25, 0.3) is 0 Å². The average molecular weight is 384 g/mol. The molecule has 1 aliphatic rings. The van der Waals surface area contributed by atoms with Gasteiger partial charge in [-0.15, -0.1) is 22.1 Å². The number of nitrogens with one attached hydrogen (secondary N) is 1. The van der Waals surface area contributed by atoms with E-state index in [0.717, 1.165) is 10.6 Å². The predicted molar refractivity (Wildman–Crippen MR) is 109 cm³/mol. The summed E-state index contributed by atoms with van der Waals surface area (Å²) in [7, 11) is -1.26. The van der Waals surface area contributed by atoms with E-state index < -0.39 is 10.3 Å². The molecule has 25 heavy (non-hydrogen) atoms. The van der Waals surface area contributed by atoms with Crippen LogP contribution in [0.15, 0.2) is 29.2 Å². The van der Waals surface area contributed by atoms with Crippen molar-refractivity contribution >= 4 is 39.4 Å². The second kappa shape index (κ2) is 7.72. The van der Waals surface area contributed by atoms with Crippen LogP contribution in [-0.2, 0) is 13.8 Å². The Morgan fingerprint density at radius 1 is 1.20 bits per heavy atom. The molecule has 140 valence electrons. The molecule has 1 saturated carbocycles. The molecule has 0 unspecified atom stereocenters. The number of carbonyl (C=O) groups is 2. The number of hydrogen-bond acceptors (Lipinski definition) is 4. The number of ketones is 1. The van der Waals surface area contributed by atoms with E-state index in [0.29, 0.717) is 12.8 Å². The van der Waals surface area contributed by atoms with Gasteiger partial charge < -0.3 is 9.50 Å². The highest BCUT2D eigenvalue weighted by molar-refractivity contribution is 8.29. The van der Waals surface area contributed by atoms with E-state index in [1.54, 1.807) is 11.8 Å². The van der Waals surface area contributed by atoms with Crippen molar-refractivity contribution in [3.8, 4) is 0 Å². The molecule has 1 aromatic rings. The molecule has 0 bridgehead atoms. The number of benzene rings is 1. The Kier molecular flexibility index (Phi) is 6.28. The van der Waals surface area contributed by atoms with Gasteiger partial charge in [-0.2, -0.15) is 0 Å². The molecule has 0 aromatic heterocycles. The topological polar surface area (TPSA) is 55.4 Å². The first-order valence-corrected chi connectivity index (χ1v) is 11.7. The SMILES string of the molecule is CC(=O)Nc1ccc(S[C@H]2CC(=O)C[C@@H]2OS(C)(C)C(C)(C)C)cc1. The van der Waals surface area contributed by atoms with Crippen molar-refractivity contribution in [3.05, 3.63) is 24.3 Å². The molecule has 1 aliphatic carbocycles. The van der Waals surface area contributed by atoms with Gasteiger partial charge in [-0.05, 0) is 36.8 Å². The number of rotatable bonds is 5. The van der Waals surface area contributed by atoms with Crippen molar-refractivity contribution in [1.82, 2.24) is 0 Å². The summed E-state index contributed by atoms with van der Waals surface area (Å²) in [6, 6.07) is 7.75. The van der Waals surface area contributed by atoms with Crippen molar-refractivity contribution < 1.29 is 13.8 Å². The minimum atomic E-state index is -1.26. The Morgan fingerprint density at radius 3 is 2.32 bits per heavy atom. The molecule has 1 N–H and O–H groups in total. The zero-order chi connectivity index (χ0) is 18.8. The van der Waals surface area contributed by atoms with Gasteiger partial charge in [-0.1, -0.05) is 20.8 Å². The van der Waals surface area contributed by atoms with Crippen LogP contribution in [0.3, 0.4) is 0 Å². The first kappa shape index (κ1) is 20.3. The van der Waals surface area contributed by atoms with Crippen molar-refractivity contribution in [2.75, 3.05) is 17.8 Å². The van der Waals surface area contributed by atoms with Crippen LogP contribution in [0.1, 0.15) is 40.5 Å². The Morgan fingerprint density at radius 2 is 1.80 bits per heavy atom. The summed E-state index contributed by atoms with van der Waals surface area (Å²) in [5.41, 5.74) is 0.783. The lowest BCUT2D eigenvalue weighted by molar-refractivity contribution is -0.117. The van der Waals surface area contributed by atoms with Crippen molar-refractivity contribution in [2.45, 2.75) is 61.5 Å². The zero-order valence-electron chi connectivity index (χ0n) is 15.9. The molecular formula is C19H29NO3S2. The Bertz CT molecular complexity index is 635. The average Bonchev–Trinajstić information content (AvgIpc) is 2.78. The maximum Gasteiger partial charge on any atom is 0.221 e. The second-order valence-corrected chi connectivity index (χ2v) is 13.0. The summed E-state index contributed by atoms with van der Waals surface area (Å²) in [4.78, 5) is 24.2. The van der Waals surface area contributed by atoms with E-state index >= 15 is 0 Å². The molecule has 0 radical (unpaired) electrons. The highest BCUT2D eigenvalue weighted by atomic mass is 32.3. The number of carbonyl (C=O) groups excluding carboxylic acids is 2. The number of amides is 1. The molecule has 2 atom stereocenters. The van der Waals surface area contributed by atoms with E-state index in [2.05, 4.69) is 38.6 Å². The minimum Gasteiger partial charge on any atom is -0.332 e. The lowest BCUT2D eigenvalue weighted by Crippen LogP contribution is -2.31. The number of hydrogen-bond donors (Lipinski definition) is 1. The molecule has 2 rings (SSSR count). The van der Waals surface area contributed by atoms with Gasteiger partial charge in [0.15, 0.2) is 0 Å². The maximum atomic E-state index is 12.0. The smallest absolute Gasteiger partial charge is 0.221 e. The van der Waals surface area contributed by atoms with Crippen LogP contribution >= 0.6 is 22.1 Å². The van der Waals surface area contributed by atoms with E-state index in [4.69, 9.17) is 4.18 Å². The van der Waals surface area contributed by atoms with Crippen LogP contribution in [0, 0.1) is 0 Å². The standard InChI is InChI=1S/C19H29NO3S2/c1-13(21)20-14-7-9-16(10-8-14)24-18-12-15(22)11-17(18)23-25(5,6)19(2,3)4/h7-10,17-18H,11-12H2,1-6H3,(H,20,21)/t17-,18-/m0/s1. The van der Waals surface area contributed by atoms with E-state index in [1.165, 1.54) is 6.92 Å². The fourth-order valence-corrected chi connectivity index (χ4v) is 4.85. The Balaban J connectivity index is 2.06. The first-order chi connectivity index (χ1) is 11.5. The number of thioether (sulfide) groups is 1. The molecule has 1 fully saturated rings. The maximum absolute atomic E-state index is 12.0. The fourth-order valence-electron chi connectivity index (χ4n) is 2.46. The normalized spacial score (nSPS) is 22.1. The largest absolute Gasteiger partial charge is 0.332 e. The summed E-state index contributed by atoms with van der Waals surface area (Å²) < 4.78 is 6.56. The van der Waals surface area contributed by atoms with Crippen LogP contribution in [0.5, 0.6) is 0 Å². The summed E-state index contributed by atoms with van der Waals surface area (Å²) >= 11 is 1.70. The highest BCUT2D eigenvalue weighted by Gasteiger charge is 2.40. The van der Waals surface area contributed by atoms with Crippen LogP contribution in [0.2, 0.25) is 0 Å². The van der Waals surface area contributed by atoms with Crippen LogP contribution in [0.25, 0.3) is 0 Å². The summed E-state index contributed by atoms with van der Waals surface area (Å²) in [5.74, 6) is 0.198. The quantitative estimate of drug-likeness (QED) is 0.805. The lowest BCUT2D eigenvalue weighted by atomic mass is 10.3. The molecule has 0 saturated heterocycles. The van der Waals surface area contributed by atoms with E-state index in [1.807, 2.05) is 24.3 Å². The third kappa shape index (κ3) is 5.50. The summed E-state index contributed by atoms with van der Waals surface area (Å²) in [6.45, 7) is 8.08. The molecule has 0 aliphatic heterocycles. The van der Waals surface area contributed by atoms with E-state index in [-0.39, 0.29) is 27.8 Å². The highest BCUT2D eigenvalue weighted by Crippen LogP contribution is 2.56. The van der Waals surface area contributed by atoms with Gasteiger partial charge in [-0.25, -0.2) is 0 Å². The summed E-state index contributed by atoms with van der Waals surface area (Å²) in [5, 5.41) is 2.91. The predicted octanol–water partition coefficient (Wildman–Crippen LogP) is 4.63. The molecule has 1 amide bonds. The minimum absolute atomic E-state index is 0.0308. The molecule has 1 aromatic carbocycles. The van der Waals surface area contributed by atoms with Crippen LogP contribution in [-0.4, -0.2) is 40.3 Å². The number of anilines is 1. The van der Waals surface area contributed by atoms with Gasteiger partial charge >= 0.3 is 0 Å². The Hall–Kier alpha value is -0.980. The van der Waals surface area contributed by atoms with Crippen LogP contribution < -0.4 is 5.32 Å². The van der Waals surface area contributed by atoms with Crippen molar-refractivity contribution in [3.63, 3.8) is 0 Å².